The van der Waals surface area contributed by atoms with Crippen molar-refractivity contribution in [2.75, 3.05) is 13.2 Å². The number of unbranched alkanes of at least 4 members (excludes halogenated alkanes) is 45. The minimum Gasteiger partial charge on any atom is -0.462 e. The van der Waals surface area contributed by atoms with Crippen LogP contribution in [0.2, 0.25) is 0 Å². The molecule has 0 aliphatic heterocycles. The summed E-state index contributed by atoms with van der Waals surface area (Å²) in [4.78, 5) is 37.9. The third-order valence-electron chi connectivity index (χ3n) is 13.9. The predicted octanol–water partition coefficient (Wildman–Crippen LogP) is 19.9. The monoisotopic (exact) mass is 933 g/mol. The van der Waals surface area contributed by atoms with Crippen molar-refractivity contribution in [3.05, 3.63) is 0 Å². The SMILES string of the molecule is CCCCCCCCCCCCCCCCCCCCCCCCCCCCC(=O)OCC(COC(=O)CCCCCCCC)OC(=O)CCCCCCCCCCCCCCCCCC. The molecular formula is C60H116O6. The standard InChI is InChI=1S/C60H116O6/c1-4-7-10-13-16-18-20-22-24-26-27-28-29-30-31-32-33-34-35-37-38-40-42-44-47-50-53-59(62)65-56-57(55-64-58(61)52-49-46-15-12-9-6-3)66-60(63)54-51-48-45-43-41-39-36-25-23-21-19-17-14-11-8-5-2/h57H,4-56H2,1-3H3. The molecule has 0 rings (SSSR count). The minimum atomic E-state index is -0.759. The van der Waals surface area contributed by atoms with Crippen LogP contribution in [0, 0.1) is 0 Å². The van der Waals surface area contributed by atoms with E-state index in [4.69, 9.17) is 14.2 Å². The first-order chi connectivity index (χ1) is 32.5. The van der Waals surface area contributed by atoms with Crippen LogP contribution in [0.15, 0.2) is 0 Å². The number of esters is 3. The highest BCUT2D eigenvalue weighted by Crippen LogP contribution is 2.18. The smallest absolute Gasteiger partial charge is 0.306 e. The molecular weight excluding hydrogens is 817 g/mol. The van der Waals surface area contributed by atoms with Crippen molar-refractivity contribution in [3.63, 3.8) is 0 Å². The molecule has 0 N–H and O–H groups in total. The van der Waals surface area contributed by atoms with Gasteiger partial charge in [-0.3, -0.25) is 14.4 Å². The Bertz CT molecular complexity index is 982. The van der Waals surface area contributed by atoms with E-state index >= 15 is 0 Å². The van der Waals surface area contributed by atoms with Crippen molar-refractivity contribution in [3.8, 4) is 0 Å². The maximum atomic E-state index is 12.8. The van der Waals surface area contributed by atoms with Gasteiger partial charge in [0.15, 0.2) is 6.10 Å². The van der Waals surface area contributed by atoms with Crippen molar-refractivity contribution in [1.29, 1.82) is 0 Å². The maximum Gasteiger partial charge on any atom is 0.306 e. The van der Waals surface area contributed by atoms with E-state index in [1.165, 1.54) is 250 Å². The summed E-state index contributed by atoms with van der Waals surface area (Å²) in [6, 6.07) is 0. The van der Waals surface area contributed by atoms with Gasteiger partial charge >= 0.3 is 17.9 Å². The zero-order chi connectivity index (χ0) is 47.9. The molecule has 66 heavy (non-hydrogen) atoms. The van der Waals surface area contributed by atoms with Crippen LogP contribution in [-0.4, -0.2) is 37.2 Å². The normalized spacial score (nSPS) is 11.9. The fourth-order valence-corrected chi connectivity index (χ4v) is 9.33. The molecule has 0 amide bonds. The summed E-state index contributed by atoms with van der Waals surface area (Å²) in [5, 5.41) is 0. The maximum absolute atomic E-state index is 12.8. The van der Waals surface area contributed by atoms with Gasteiger partial charge in [0, 0.05) is 19.3 Å². The molecule has 0 radical (unpaired) electrons. The van der Waals surface area contributed by atoms with Gasteiger partial charge in [0.1, 0.15) is 13.2 Å². The number of ether oxygens (including phenoxy) is 3. The van der Waals surface area contributed by atoms with E-state index in [1.54, 1.807) is 0 Å². The second-order valence-corrected chi connectivity index (χ2v) is 20.6. The van der Waals surface area contributed by atoms with Crippen LogP contribution in [0.5, 0.6) is 0 Å². The van der Waals surface area contributed by atoms with Gasteiger partial charge in [-0.2, -0.15) is 0 Å². The van der Waals surface area contributed by atoms with Gasteiger partial charge in [-0.15, -0.1) is 0 Å². The van der Waals surface area contributed by atoms with Gasteiger partial charge in [0.2, 0.25) is 0 Å². The van der Waals surface area contributed by atoms with Crippen molar-refractivity contribution in [2.24, 2.45) is 0 Å². The van der Waals surface area contributed by atoms with E-state index in [-0.39, 0.29) is 31.1 Å². The lowest BCUT2D eigenvalue weighted by molar-refractivity contribution is -0.167. The lowest BCUT2D eigenvalue weighted by Gasteiger charge is -2.18. The quantitative estimate of drug-likeness (QED) is 0.0343. The fourth-order valence-electron chi connectivity index (χ4n) is 9.33. The van der Waals surface area contributed by atoms with Gasteiger partial charge in [0.25, 0.3) is 0 Å². The van der Waals surface area contributed by atoms with E-state index in [0.29, 0.717) is 19.3 Å². The van der Waals surface area contributed by atoms with Gasteiger partial charge in [-0.1, -0.05) is 310 Å². The Morgan fingerprint density at radius 2 is 0.409 bits per heavy atom. The summed E-state index contributed by atoms with van der Waals surface area (Å²) in [6.45, 7) is 6.65. The largest absolute Gasteiger partial charge is 0.462 e. The van der Waals surface area contributed by atoms with E-state index in [1.807, 2.05) is 0 Å². The highest BCUT2D eigenvalue weighted by atomic mass is 16.6. The Morgan fingerprint density at radius 1 is 0.242 bits per heavy atom. The Hall–Kier alpha value is -1.59. The molecule has 6 heteroatoms. The summed E-state index contributed by atoms with van der Waals surface area (Å²) >= 11 is 0. The fraction of sp³-hybridized carbons (Fsp3) is 0.950. The van der Waals surface area contributed by atoms with Crippen LogP contribution in [0.1, 0.15) is 348 Å². The second kappa shape index (κ2) is 56.0. The Labute approximate surface area is 412 Å². The average Bonchev–Trinajstić information content (AvgIpc) is 3.31. The van der Waals surface area contributed by atoms with E-state index in [2.05, 4.69) is 20.8 Å². The van der Waals surface area contributed by atoms with E-state index in [9.17, 15) is 14.4 Å². The molecule has 0 aliphatic carbocycles. The Morgan fingerprint density at radius 3 is 0.606 bits per heavy atom. The molecule has 1 unspecified atom stereocenters. The van der Waals surface area contributed by atoms with Crippen LogP contribution in [0.25, 0.3) is 0 Å². The Balaban J connectivity index is 3.99. The average molecular weight is 934 g/mol. The van der Waals surface area contributed by atoms with Crippen molar-refractivity contribution in [2.45, 2.75) is 354 Å². The molecule has 392 valence electrons. The first-order valence-electron chi connectivity index (χ1n) is 30.0. The first kappa shape index (κ1) is 64.4. The molecule has 0 aromatic heterocycles. The predicted molar refractivity (Wildman–Crippen MR) is 284 cm³/mol. The number of carbonyl (C=O) groups excluding carboxylic acids is 3. The zero-order valence-corrected chi connectivity index (χ0v) is 45.0. The number of carbonyl (C=O) groups is 3. The molecule has 0 aromatic rings. The van der Waals surface area contributed by atoms with Gasteiger partial charge in [-0.25, -0.2) is 0 Å². The summed E-state index contributed by atoms with van der Waals surface area (Å²) < 4.78 is 16.8. The van der Waals surface area contributed by atoms with Gasteiger partial charge in [-0.05, 0) is 19.3 Å². The van der Waals surface area contributed by atoms with Crippen molar-refractivity contribution in [1.82, 2.24) is 0 Å². The van der Waals surface area contributed by atoms with Crippen LogP contribution >= 0.6 is 0 Å². The van der Waals surface area contributed by atoms with E-state index in [0.717, 1.165) is 57.8 Å². The second-order valence-electron chi connectivity index (χ2n) is 20.6. The summed E-state index contributed by atoms with van der Waals surface area (Å²) in [7, 11) is 0. The lowest BCUT2D eigenvalue weighted by Crippen LogP contribution is -2.30. The number of rotatable bonds is 56. The zero-order valence-electron chi connectivity index (χ0n) is 45.0. The van der Waals surface area contributed by atoms with E-state index < -0.39 is 6.10 Å². The van der Waals surface area contributed by atoms with Gasteiger partial charge in [0.05, 0.1) is 0 Å². The highest BCUT2D eigenvalue weighted by molar-refractivity contribution is 5.71. The summed E-state index contributed by atoms with van der Waals surface area (Å²) in [5.74, 6) is -0.846. The van der Waals surface area contributed by atoms with Crippen LogP contribution in [0.4, 0.5) is 0 Å². The van der Waals surface area contributed by atoms with Gasteiger partial charge < -0.3 is 14.2 Å². The topological polar surface area (TPSA) is 78.9 Å². The third-order valence-corrected chi connectivity index (χ3v) is 13.9. The molecule has 0 heterocycles. The molecule has 0 spiro atoms. The van der Waals surface area contributed by atoms with Crippen LogP contribution in [0.3, 0.4) is 0 Å². The molecule has 0 saturated carbocycles. The molecule has 0 aromatic carbocycles. The molecule has 1 atom stereocenters. The molecule has 0 saturated heterocycles. The molecule has 6 nitrogen and oxygen atoms in total. The summed E-state index contributed by atoms with van der Waals surface area (Å²) in [5.41, 5.74) is 0. The Kier molecular flexibility index (Phi) is 54.7. The molecule has 0 fully saturated rings. The minimum absolute atomic E-state index is 0.0622. The molecule has 0 aliphatic rings. The van der Waals surface area contributed by atoms with Crippen molar-refractivity contribution < 1.29 is 28.6 Å². The third kappa shape index (κ3) is 53.4. The first-order valence-corrected chi connectivity index (χ1v) is 30.0. The highest BCUT2D eigenvalue weighted by Gasteiger charge is 2.19. The lowest BCUT2D eigenvalue weighted by atomic mass is 10.0. The van der Waals surface area contributed by atoms with Crippen molar-refractivity contribution >= 4 is 17.9 Å². The number of hydrogen-bond donors (Lipinski definition) is 0. The summed E-state index contributed by atoms with van der Waals surface area (Å²) in [6.07, 6.45) is 62.9. The molecule has 0 bridgehead atoms. The van der Waals surface area contributed by atoms with Crippen LogP contribution < -0.4 is 0 Å². The number of hydrogen-bond acceptors (Lipinski definition) is 6. The van der Waals surface area contributed by atoms with Crippen LogP contribution in [-0.2, 0) is 28.6 Å².